The second kappa shape index (κ2) is 7.22. The molecule has 27 heavy (non-hydrogen) atoms. The lowest BCUT2D eigenvalue weighted by atomic mass is 10.1. The summed E-state index contributed by atoms with van der Waals surface area (Å²) in [5, 5.41) is 8.72. The lowest BCUT2D eigenvalue weighted by Crippen LogP contribution is -2.38. The van der Waals surface area contributed by atoms with Gasteiger partial charge in [0.1, 0.15) is 18.8 Å². The third-order valence-corrected chi connectivity index (χ3v) is 4.75. The Morgan fingerprint density at radius 3 is 2.96 bits per heavy atom. The number of carbonyl (C=O) groups excluding carboxylic acids is 1. The molecule has 0 fully saturated rings. The molecule has 0 N–H and O–H groups in total. The van der Waals surface area contributed by atoms with Gasteiger partial charge in [-0.1, -0.05) is 6.07 Å². The smallest absolute Gasteiger partial charge is 0.244 e. The van der Waals surface area contributed by atoms with E-state index in [1.54, 1.807) is 17.1 Å². The molecule has 140 valence electrons. The summed E-state index contributed by atoms with van der Waals surface area (Å²) in [5.41, 5.74) is 4.00. The zero-order chi connectivity index (χ0) is 18.8. The number of rotatable bonds is 5. The Labute approximate surface area is 157 Å². The van der Waals surface area contributed by atoms with Crippen LogP contribution in [0.15, 0.2) is 36.7 Å². The number of hydrogen-bond donors (Lipinski definition) is 0. The van der Waals surface area contributed by atoms with Crippen LogP contribution < -0.4 is 4.74 Å². The fourth-order valence-corrected chi connectivity index (χ4v) is 3.37. The number of nitrogens with zero attached hydrogens (tertiary/aromatic N) is 6. The first-order chi connectivity index (χ1) is 13.1. The van der Waals surface area contributed by atoms with Crippen molar-refractivity contribution in [3.05, 3.63) is 59.3 Å². The molecule has 0 radical (unpaired) electrons. The van der Waals surface area contributed by atoms with E-state index in [9.17, 15) is 4.79 Å². The average molecular weight is 366 g/mol. The molecule has 0 atom stereocenters. The number of pyridine rings is 1. The molecule has 1 aliphatic heterocycles. The second-order valence-electron chi connectivity index (χ2n) is 6.67. The van der Waals surface area contributed by atoms with Crippen LogP contribution in [0.1, 0.15) is 22.6 Å². The van der Waals surface area contributed by atoms with Crippen molar-refractivity contribution in [2.24, 2.45) is 7.05 Å². The number of ether oxygens (including phenoxy) is 1. The minimum absolute atomic E-state index is 0.0559. The van der Waals surface area contributed by atoms with Gasteiger partial charge >= 0.3 is 0 Å². The first kappa shape index (κ1) is 17.3. The minimum atomic E-state index is 0.0559. The summed E-state index contributed by atoms with van der Waals surface area (Å²) in [5.74, 6) is 0.636. The summed E-state index contributed by atoms with van der Waals surface area (Å²) in [4.78, 5) is 18.8. The number of fused-ring (bicyclic) bond motifs is 1. The van der Waals surface area contributed by atoms with Gasteiger partial charge in [-0.25, -0.2) is 4.98 Å². The highest BCUT2D eigenvalue weighted by Crippen LogP contribution is 2.23. The first-order valence-electron chi connectivity index (χ1n) is 8.95. The van der Waals surface area contributed by atoms with Crippen molar-refractivity contribution < 1.29 is 9.53 Å². The molecule has 3 aromatic rings. The highest BCUT2D eigenvalue weighted by atomic mass is 16.5. The van der Waals surface area contributed by atoms with Crippen LogP contribution in [-0.2, 0) is 38.0 Å². The predicted molar refractivity (Wildman–Crippen MR) is 97.9 cm³/mol. The zero-order valence-corrected chi connectivity index (χ0v) is 15.5. The molecule has 1 aliphatic rings. The Balaban J connectivity index is 1.47. The van der Waals surface area contributed by atoms with E-state index in [1.165, 1.54) is 0 Å². The lowest BCUT2D eigenvalue weighted by molar-refractivity contribution is -0.133. The zero-order valence-electron chi connectivity index (χ0n) is 15.5. The standard InChI is InChI=1S/C19H22N6O2/c1-14-5-3-6-18(21-14)27-13-16-15-11-24(10-7-17(15)23(2)22-16)19(26)12-25-9-4-8-20-25/h3-6,8-9H,7,10-13H2,1-2H3. The highest BCUT2D eigenvalue weighted by molar-refractivity contribution is 5.76. The van der Waals surface area contributed by atoms with Crippen LogP contribution in [0.2, 0.25) is 0 Å². The van der Waals surface area contributed by atoms with Crippen molar-refractivity contribution in [3.63, 3.8) is 0 Å². The summed E-state index contributed by atoms with van der Waals surface area (Å²) < 4.78 is 9.37. The monoisotopic (exact) mass is 366 g/mol. The summed E-state index contributed by atoms with van der Waals surface area (Å²) in [6, 6.07) is 7.50. The number of aryl methyl sites for hydroxylation is 2. The predicted octanol–water partition coefficient (Wildman–Crippen LogP) is 1.48. The fraction of sp³-hybridized carbons (Fsp3) is 0.368. The van der Waals surface area contributed by atoms with Crippen LogP contribution in [-0.4, -0.2) is 41.9 Å². The molecule has 0 aromatic carbocycles. The Morgan fingerprint density at radius 1 is 1.30 bits per heavy atom. The highest BCUT2D eigenvalue weighted by Gasteiger charge is 2.27. The molecule has 8 nitrogen and oxygen atoms in total. The normalized spacial score (nSPS) is 13.5. The lowest BCUT2D eigenvalue weighted by Gasteiger charge is -2.27. The van der Waals surface area contributed by atoms with Crippen molar-refractivity contribution in [3.8, 4) is 5.88 Å². The number of hydrogen-bond acceptors (Lipinski definition) is 5. The molecular weight excluding hydrogens is 344 g/mol. The number of aromatic nitrogens is 5. The molecule has 0 bridgehead atoms. The van der Waals surface area contributed by atoms with E-state index < -0.39 is 0 Å². The SMILES string of the molecule is Cc1cccc(OCc2nn(C)c3c2CN(C(=O)Cn2cccn2)CC3)n1. The van der Waals surface area contributed by atoms with E-state index >= 15 is 0 Å². The van der Waals surface area contributed by atoms with Crippen LogP contribution in [0.4, 0.5) is 0 Å². The van der Waals surface area contributed by atoms with Crippen molar-refractivity contribution in [1.82, 2.24) is 29.4 Å². The minimum Gasteiger partial charge on any atom is -0.471 e. The Hall–Kier alpha value is -3.16. The van der Waals surface area contributed by atoms with E-state index in [0.717, 1.165) is 29.1 Å². The van der Waals surface area contributed by atoms with Gasteiger partial charge in [-0.3, -0.25) is 14.2 Å². The molecular formula is C19H22N6O2. The topological polar surface area (TPSA) is 78.1 Å². The third kappa shape index (κ3) is 3.69. The summed E-state index contributed by atoms with van der Waals surface area (Å²) >= 11 is 0. The van der Waals surface area contributed by atoms with Gasteiger partial charge in [-0.15, -0.1) is 0 Å². The third-order valence-electron chi connectivity index (χ3n) is 4.75. The van der Waals surface area contributed by atoms with Crippen molar-refractivity contribution >= 4 is 5.91 Å². The largest absolute Gasteiger partial charge is 0.471 e. The quantitative estimate of drug-likeness (QED) is 0.684. The molecule has 0 aliphatic carbocycles. The van der Waals surface area contributed by atoms with Crippen LogP contribution >= 0.6 is 0 Å². The molecule has 4 heterocycles. The van der Waals surface area contributed by atoms with Gasteiger partial charge in [0.2, 0.25) is 11.8 Å². The molecule has 0 unspecified atom stereocenters. The van der Waals surface area contributed by atoms with Gasteiger partial charge in [0.15, 0.2) is 0 Å². The van der Waals surface area contributed by atoms with Gasteiger partial charge in [0.25, 0.3) is 0 Å². The maximum absolute atomic E-state index is 12.6. The maximum Gasteiger partial charge on any atom is 0.244 e. The summed E-state index contributed by atoms with van der Waals surface area (Å²) in [7, 11) is 1.94. The van der Waals surface area contributed by atoms with E-state index in [4.69, 9.17) is 4.74 Å². The Bertz CT molecular complexity index is 947. The molecule has 0 spiro atoms. The van der Waals surface area contributed by atoms with Crippen LogP contribution in [0.5, 0.6) is 5.88 Å². The van der Waals surface area contributed by atoms with Crippen LogP contribution in [0.3, 0.4) is 0 Å². The maximum atomic E-state index is 12.6. The molecule has 0 saturated heterocycles. The average Bonchev–Trinajstić information content (AvgIpc) is 3.28. The molecule has 3 aromatic heterocycles. The van der Waals surface area contributed by atoms with E-state index in [2.05, 4.69) is 15.2 Å². The van der Waals surface area contributed by atoms with Gasteiger partial charge in [0.05, 0.1) is 0 Å². The van der Waals surface area contributed by atoms with Gasteiger partial charge in [0, 0.05) is 62.0 Å². The Morgan fingerprint density at radius 2 is 2.19 bits per heavy atom. The van der Waals surface area contributed by atoms with Gasteiger partial charge in [-0.2, -0.15) is 10.2 Å². The molecule has 0 saturated carbocycles. The van der Waals surface area contributed by atoms with E-state index in [0.29, 0.717) is 25.6 Å². The molecule has 8 heteroatoms. The van der Waals surface area contributed by atoms with Crippen LogP contribution in [0.25, 0.3) is 0 Å². The Kier molecular flexibility index (Phi) is 4.62. The van der Waals surface area contributed by atoms with E-state index in [-0.39, 0.29) is 12.5 Å². The van der Waals surface area contributed by atoms with E-state index in [1.807, 2.05) is 47.8 Å². The van der Waals surface area contributed by atoms with Gasteiger partial charge in [-0.05, 0) is 19.1 Å². The van der Waals surface area contributed by atoms with Crippen molar-refractivity contribution in [2.45, 2.75) is 33.0 Å². The van der Waals surface area contributed by atoms with Gasteiger partial charge < -0.3 is 9.64 Å². The summed E-state index contributed by atoms with van der Waals surface area (Å²) in [6.45, 7) is 3.75. The molecule has 1 amide bonds. The van der Waals surface area contributed by atoms with Crippen molar-refractivity contribution in [1.29, 1.82) is 0 Å². The molecule has 4 rings (SSSR count). The number of carbonyl (C=O) groups is 1. The second-order valence-corrected chi connectivity index (χ2v) is 6.67. The fourth-order valence-electron chi connectivity index (χ4n) is 3.37. The van der Waals surface area contributed by atoms with Crippen LogP contribution in [0, 0.1) is 6.92 Å². The number of amides is 1. The summed E-state index contributed by atoms with van der Waals surface area (Å²) in [6.07, 6.45) is 4.26. The van der Waals surface area contributed by atoms with Crippen molar-refractivity contribution in [2.75, 3.05) is 6.54 Å². The first-order valence-corrected chi connectivity index (χ1v) is 8.95.